The van der Waals surface area contributed by atoms with E-state index < -0.39 is 17.7 Å². The molecule has 0 aliphatic carbocycles. The maximum absolute atomic E-state index is 13.1. The zero-order chi connectivity index (χ0) is 21.9. The van der Waals surface area contributed by atoms with Gasteiger partial charge in [-0.15, -0.1) is 0 Å². The number of carbonyl (C=O) groups excluding carboxylic acids is 3. The summed E-state index contributed by atoms with van der Waals surface area (Å²) in [6.45, 7) is 7.64. The summed E-state index contributed by atoms with van der Waals surface area (Å²) >= 11 is 0. The predicted octanol–water partition coefficient (Wildman–Crippen LogP) is 1.78. The second-order valence-electron chi connectivity index (χ2n) is 8.31. The summed E-state index contributed by atoms with van der Waals surface area (Å²) in [7, 11) is 0. The molecule has 30 heavy (non-hydrogen) atoms. The van der Waals surface area contributed by atoms with Crippen LogP contribution in [0.2, 0.25) is 0 Å². The molecule has 0 aromatic heterocycles. The third-order valence-corrected chi connectivity index (χ3v) is 5.56. The van der Waals surface area contributed by atoms with Crippen LogP contribution in [0.25, 0.3) is 0 Å². The third kappa shape index (κ3) is 4.64. The molecule has 8 nitrogen and oxygen atoms in total. The van der Waals surface area contributed by atoms with Crippen molar-refractivity contribution in [3.63, 3.8) is 0 Å². The summed E-state index contributed by atoms with van der Waals surface area (Å²) in [5, 5.41) is 5.61. The van der Waals surface area contributed by atoms with Crippen LogP contribution in [-0.2, 0) is 19.1 Å². The number of carbonyl (C=O) groups is 3. The number of hydrogen-bond acceptors (Lipinski definition) is 6. The van der Waals surface area contributed by atoms with Crippen molar-refractivity contribution in [2.45, 2.75) is 51.8 Å². The maximum Gasteiger partial charge on any atom is 0.258 e. The molecule has 2 heterocycles. The number of benzene rings is 1. The van der Waals surface area contributed by atoms with Gasteiger partial charge in [0.25, 0.3) is 5.91 Å². The molecule has 3 atom stereocenters. The Labute approximate surface area is 176 Å². The van der Waals surface area contributed by atoms with Crippen molar-refractivity contribution < 1.29 is 23.9 Å². The number of rotatable bonds is 7. The van der Waals surface area contributed by atoms with E-state index in [1.165, 1.54) is 0 Å². The van der Waals surface area contributed by atoms with E-state index in [-0.39, 0.29) is 42.7 Å². The number of hydrogen-bond donors (Lipinski definition) is 2. The number of nitrogens with one attached hydrogen (secondary N) is 2. The summed E-state index contributed by atoms with van der Waals surface area (Å²) < 4.78 is 11.0. The summed E-state index contributed by atoms with van der Waals surface area (Å²) in [5.74, 6) is -0.185. The van der Waals surface area contributed by atoms with Gasteiger partial charge in [-0.05, 0) is 38.3 Å². The third-order valence-electron chi connectivity index (χ3n) is 5.56. The number of amides is 2. The van der Waals surface area contributed by atoms with Gasteiger partial charge in [-0.1, -0.05) is 32.0 Å². The molecule has 2 amide bonds. The molecule has 2 aliphatic rings. The molecule has 2 aliphatic heterocycles. The van der Waals surface area contributed by atoms with Gasteiger partial charge < -0.3 is 19.7 Å². The number of ether oxygens (including phenoxy) is 2. The Bertz CT molecular complexity index is 838. The Balaban J connectivity index is 1.71. The SMILES string of the molecule is CC(C)CC(C(=O)NC1(C)C(=O)COC1C)N1C=C(NC(=O)c2ccccc2)OC1. The van der Waals surface area contributed by atoms with Crippen molar-refractivity contribution in [3.05, 3.63) is 48.0 Å². The Hall–Kier alpha value is -2.87. The first-order chi connectivity index (χ1) is 14.2. The summed E-state index contributed by atoms with van der Waals surface area (Å²) in [4.78, 5) is 39.5. The van der Waals surface area contributed by atoms with E-state index in [9.17, 15) is 14.4 Å². The average molecular weight is 415 g/mol. The Morgan fingerprint density at radius 2 is 1.97 bits per heavy atom. The molecule has 0 radical (unpaired) electrons. The van der Waals surface area contributed by atoms with Gasteiger partial charge in [0, 0.05) is 5.56 Å². The zero-order valence-corrected chi connectivity index (χ0v) is 17.8. The topological polar surface area (TPSA) is 97.0 Å². The van der Waals surface area contributed by atoms with Gasteiger partial charge in [0.1, 0.15) is 18.2 Å². The van der Waals surface area contributed by atoms with Crippen LogP contribution in [0.5, 0.6) is 0 Å². The van der Waals surface area contributed by atoms with Crippen LogP contribution in [0.1, 0.15) is 44.5 Å². The van der Waals surface area contributed by atoms with Crippen LogP contribution >= 0.6 is 0 Å². The van der Waals surface area contributed by atoms with Gasteiger partial charge in [-0.3, -0.25) is 19.7 Å². The van der Waals surface area contributed by atoms with Crippen molar-refractivity contribution in [3.8, 4) is 0 Å². The van der Waals surface area contributed by atoms with Crippen molar-refractivity contribution >= 4 is 17.6 Å². The number of nitrogens with zero attached hydrogens (tertiary/aromatic N) is 1. The predicted molar refractivity (Wildman–Crippen MR) is 110 cm³/mol. The lowest BCUT2D eigenvalue weighted by Crippen LogP contribution is -2.59. The quantitative estimate of drug-likeness (QED) is 0.705. The van der Waals surface area contributed by atoms with E-state index in [1.807, 2.05) is 19.9 Å². The van der Waals surface area contributed by atoms with E-state index in [4.69, 9.17) is 9.47 Å². The Kier molecular flexibility index (Phi) is 6.45. The second kappa shape index (κ2) is 8.87. The molecular weight excluding hydrogens is 386 g/mol. The van der Waals surface area contributed by atoms with Crippen LogP contribution in [0.15, 0.2) is 42.4 Å². The summed E-state index contributed by atoms with van der Waals surface area (Å²) in [6, 6.07) is 8.27. The molecule has 162 valence electrons. The minimum atomic E-state index is -1.05. The van der Waals surface area contributed by atoms with Crippen LogP contribution in [-0.4, -0.2) is 53.5 Å². The number of Topliss-reactive ketones (excluding diaryl/α,β-unsaturated/α-hetero) is 1. The van der Waals surface area contributed by atoms with Gasteiger partial charge in [0.15, 0.2) is 12.5 Å². The van der Waals surface area contributed by atoms with Crippen LogP contribution in [0.4, 0.5) is 0 Å². The van der Waals surface area contributed by atoms with Gasteiger partial charge in [0.05, 0.1) is 12.3 Å². The van der Waals surface area contributed by atoms with Crippen molar-refractivity contribution in [1.29, 1.82) is 0 Å². The molecule has 0 bridgehead atoms. The molecule has 3 rings (SSSR count). The Morgan fingerprint density at radius 1 is 1.27 bits per heavy atom. The molecule has 1 saturated heterocycles. The standard InChI is InChI=1S/C22H29N3O5/c1-14(2)10-17(21(28)24-22(4)15(3)29-12-18(22)26)25-11-19(30-13-25)23-20(27)16-8-6-5-7-9-16/h5-9,11,14-15,17H,10,12-13H2,1-4H3,(H,23,27)(H,24,28). The smallest absolute Gasteiger partial charge is 0.258 e. The molecule has 2 N–H and O–H groups in total. The lowest BCUT2D eigenvalue weighted by Gasteiger charge is -2.32. The Morgan fingerprint density at radius 3 is 2.57 bits per heavy atom. The fourth-order valence-electron chi connectivity index (χ4n) is 3.49. The van der Waals surface area contributed by atoms with Gasteiger partial charge in [0.2, 0.25) is 11.8 Å². The van der Waals surface area contributed by atoms with E-state index in [1.54, 1.807) is 49.2 Å². The van der Waals surface area contributed by atoms with Crippen molar-refractivity contribution in [1.82, 2.24) is 15.5 Å². The first-order valence-corrected chi connectivity index (χ1v) is 10.1. The highest BCUT2D eigenvalue weighted by Gasteiger charge is 2.47. The van der Waals surface area contributed by atoms with Crippen LogP contribution in [0, 0.1) is 5.92 Å². The van der Waals surface area contributed by atoms with Crippen LogP contribution in [0.3, 0.4) is 0 Å². The lowest BCUT2D eigenvalue weighted by atomic mass is 9.92. The molecular formula is C22H29N3O5. The highest BCUT2D eigenvalue weighted by molar-refractivity contribution is 5.97. The number of ketones is 1. The lowest BCUT2D eigenvalue weighted by molar-refractivity contribution is -0.133. The monoisotopic (exact) mass is 415 g/mol. The van der Waals surface area contributed by atoms with E-state index in [0.29, 0.717) is 12.0 Å². The van der Waals surface area contributed by atoms with E-state index >= 15 is 0 Å². The highest BCUT2D eigenvalue weighted by Crippen LogP contribution is 2.24. The largest absolute Gasteiger partial charge is 0.456 e. The molecule has 3 unspecified atom stereocenters. The summed E-state index contributed by atoms with van der Waals surface area (Å²) in [5.41, 5.74) is -0.542. The molecule has 0 saturated carbocycles. The molecule has 8 heteroatoms. The molecule has 1 fully saturated rings. The molecule has 0 spiro atoms. The first kappa shape index (κ1) is 21.8. The van der Waals surface area contributed by atoms with Gasteiger partial charge >= 0.3 is 0 Å². The highest BCUT2D eigenvalue weighted by atomic mass is 16.5. The minimum absolute atomic E-state index is 0.00477. The fraction of sp³-hybridized carbons (Fsp3) is 0.500. The summed E-state index contributed by atoms with van der Waals surface area (Å²) in [6.07, 6.45) is 1.79. The van der Waals surface area contributed by atoms with E-state index in [2.05, 4.69) is 10.6 Å². The van der Waals surface area contributed by atoms with Crippen molar-refractivity contribution in [2.24, 2.45) is 5.92 Å². The zero-order valence-electron chi connectivity index (χ0n) is 17.8. The maximum atomic E-state index is 13.1. The van der Waals surface area contributed by atoms with Crippen LogP contribution < -0.4 is 10.6 Å². The van der Waals surface area contributed by atoms with Gasteiger partial charge in [-0.2, -0.15) is 0 Å². The van der Waals surface area contributed by atoms with Gasteiger partial charge in [-0.25, -0.2) is 0 Å². The molecule has 1 aromatic rings. The normalized spacial score (nSPS) is 24.4. The fourth-order valence-corrected chi connectivity index (χ4v) is 3.49. The van der Waals surface area contributed by atoms with Crippen molar-refractivity contribution in [2.75, 3.05) is 13.3 Å². The minimum Gasteiger partial charge on any atom is -0.456 e. The average Bonchev–Trinajstić information content (AvgIpc) is 3.27. The second-order valence-corrected chi connectivity index (χ2v) is 8.31. The first-order valence-electron chi connectivity index (χ1n) is 10.1. The van der Waals surface area contributed by atoms with E-state index in [0.717, 1.165) is 0 Å². The molecule has 1 aromatic carbocycles.